The Bertz CT molecular complexity index is 1950. The first-order chi connectivity index (χ1) is 21.3. The molecule has 1 atom stereocenters. The number of pyridine rings is 1. The minimum absolute atomic E-state index is 0.0843. The number of carbonyl (C=O) groups is 3. The first kappa shape index (κ1) is 28.5. The average Bonchev–Trinajstić information content (AvgIpc) is 3.44. The van der Waals surface area contributed by atoms with E-state index in [0.29, 0.717) is 32.8 Å². The molecule has 1 unspecified atom stereocenters. The standard InChI is InChI=1S/C33H25ClN6O4/c1-19-28(30(42)37-27-18-22(20(2)41)16-17-35-27)29(23-12-6-7-13-24(23)34)38-32(40(19)31(43)21-10-4-3-5-11-21)39-33-36-25-14-8-9-15-26(25)44-33/h3-18,29H,1-2H3,(H,35,37,42)(H,36,38,39). The molecule has 1 aliphatic heterocycles. The van der Waals surface area contributed by atoms with Crippen molar-refractivity contribution in [1.29, 1.82) is 0 Å². The number of halogens is 1. The molecule has 11 heteroatoms. The van der Waals surface area contributed by atoms with E-state index in [1.165, 1.54) is 24.1 Å². The van der Waals surface area contributed by atoms with Crippen molar-refractivity contribution in [3.05, 3.63) is 130 Å². The van der Waals surface area contributed by atoms with Gasteiger partial charge in [0.2, 0.25) is 5.96 Å². The number of aromatic nitrogens is 2. The quantitative estimate of drug-likeness (QED) is 0.207. The van der Waals surface area contributed by atoms with E-state index in [-0.39, 0.29) is 34.8 Å². The summed E-state index contributed by atoms with van der Waals surface area (Å²) in [5.74, 6) is -0.937. The van der Waals surface area contributed by atoms with Gasteiger partial charge >= 0.3 is 6.01 Å². The Kier molecular flexibility index (Phi) is 7.74. The Morgan fingerprint density at radius 2 is 1.64 bits per heavy atom. The number of hydrogen-bond acceptors (Lipinski definition) is 8. The summed E-state index contributed by atoms with van der Waals surface area (Å²) in [6.45, 7) is 3.08. The Balaban J connectivity index is 1.49. The van der Waals surface area contributed by atoms with Crippen molar-refractivity contribution in [3.63, 3.8) is 0 Å². The summed E-state index contributed by atoms with van der Waals surface area (Å²) in [5.41, 5.74) is 2.89. The molecule has 2 aromatic heterocycles. The third kappa shape index (κ3) is 5.58. The molecule has 3 aromatic carbocycles. The minimum atomic E-state index is -0.939. The number of nitrogens with one attached hydrogen (secondary N) is 2. The first-order valence-corrected chi connectivity index (χ1v) is 14.0. The summed E-state index contributed by atoms with van der Waals surface area (Å²) in [6.07, 6.45) is 1.44. The molecule has 0 radical (unpaired) electrons. The summed E-state index contributed by atoms with van der Waals surface area (Å²) in [5, 5.41) is 6.22. The van der Waals surface area contributed by atoms with Crippen LogP contribution in [-0.2, 0) is 4.79 Å². The number of aliphatic imine (C=N–C) groups is 1. The van der Waals surface area contributed by atoms with Crippen LogP contribution in [0.3, 0.4) is 0 Å². The van der Waals surface area contributed by atoms with Crippen LogP contribution in [-0.4, -0.2) is 38.4 Å². The Morgan fingerprint density at radius 3 is 2.39 bits per heavy atom. The third-order valence-corrected chi connectivity index (χ3v) is 7.39. The lowest BCUT2D eigenvalue weighted by Gasteiger charge is -2.34. The van der Waals surface area contributed by atoms with Crippen LogP contribution in [0.25, 0.3) is 11.1 Å². The third-order valence-electron chi connectivity index (χ3n) is 7.05. The number of fused-ring (bicyclic) bond motifs is 1. The minimum Gasteiger partial charge on any atom is -0.423 e. The van der Waals surface area contributed by atoms with E-state index >= 15 is 0 Å². The summed E-state index contributed by atoms with van der Waals surface area (Å²) in [4.78, 5) is 55.0. The van der Waals surface area contributed by atoms with Gasteiger partial charge in [-0.3, -0.25) is 19.7 Å². The van der Waals surface area contributed by atoms with Gasteiger partial charge in [-0.25, -0.2) is 14.9 Å². The number of hydrogen-bond donors (Lipinski definition) is 2. The fourth-order valence-electron chi connectivity index (χ4n) is 4.90. The van der Waals surface area contributed by atoms with Crippen LogP contribution in [0.1, 0.15) is 46.2 Å². The average molecular weight is 605 g/mol. The van der Waals surface area contributed by atoms with E-state index in [1.54, 1.807) is 79.7 Å². The number of Topliss-reactive ketones (excluding diaryl/α,β-unsaturated/α-hetero) is 1. The number of amides is 2. The highest BCUT2D eigenvalue weighted by atomic mass is 35.5. The van der Waals surface area contributed by atoms with Gasteiger partial charge in [0.1, 0.15) is 17.4 Å². The number of ketones is 1. The zero-order valence-corrected chi connectivity index (χ0v) is 24.4. The highest BCUT2D eigenvalue weighted by Crippen LogP contribution is 2.38. The summed E-state index contributed by atoms with van der Waals surface area (Å²) >= 11 is 6.64. The van der Waals surface area contributed by atoms with Gasteiger partial charge in [0.25, 0.3) is 11.8 Å². The molecule has 6 rings (SSSR count). The fourth-order valence-corrected chi connectivity index (χ4v) is 5.14. The van der Waals surface area contributed by atoms with Crippen LogP contribution in [0.2, 0.25) is 5.02 Å². The molecule has 1 aliphatic rings. The van der Waals surface area contributed by atoms with Gasteiger partial charge in [0.05, 0.1) is 5.57 Å². The van der Waals surface area contributed by atoms with Crippen LogP contribution in [0, 0.1) is 0 Å². The molecule has 2 amide bonds. The maximum absolute atomic E-state index is 14.1. The Hall–Kier alpha value is -5.61. The topological polar surface area (TPSA) is 130 Å². The summed E-state index contributed by atoms with van der Waals surface area (Å²) < 4.78 is 5.89. The highest BCUT2D eigenvalue weighted by Gasteiger charge is 2.38. The Labute approximate surface area is 257 Å². The second-order valence-electron chi connectivity index (χ2n) is 9.93. The van der Waals surface area contributed by atoms with E-state index in [2.05, 4.69) is 20.6 Å². The zero-order chi connectivity index (χ0) is 30.8. The normalized spacial score (nSPS) is 14.8. The van der Waals surface area contributed by atoms with E-state index in [0.717, 1.165) is 0 Å². The molecule has 44 heavy (non-hydrogen) atoms. The van der Waals surface area contributed by atoms with Crippen LogP contribution in [0.15, 0.2) is 118 Å². The van der Waals surface area contributed by atoms with Gasteiger partial charge in [0.15, 0.2) is 11.4 Å². The SMILES string of the molecule is CC(=O)c1ccnc(NC(=O)C2=C(C)N(C(=O)c3ccccc3)C(Nc3nc4ccccc4o3)=NC2c2ccccc2Cl)c1. The molecular weight excluding hydrogens is 580 g/mol. The van der Waals surface area contributed by atoms with Crippen molar-refractivity contribution < 1.29 is 18.8 Å². The highest BCUT2D eigenvalue weighted by molar-refractivity contribution is 6.31. The van der Waals surface area contributed by atoms with E-state index in [4.69, 9.17) is 21.0 Å². The molecule has 10 nitrogen and oxygen atoms in total. The van der Waals surface area contributed by atoms with Crippen molar-refractivity contribution in [2.24, 2.45) is 4.99 Å². The maximum Gasteiger partial charge on any atom is 0.302 e. The summed E-state index contributed by atoms with van der Waals surface area (Å²) in [7, 11) is 0. The van der Waals surface area contributed by atoms with E-state index in [1.807, 2.05) is 12.1 Å². The maximum atomic E-state index is 14.1. The fraction of sp³-hybridized carbons (Fsp3) is 0.0909. The smallest absolute Gasteiger partial charge is 0.302 e. The van der Waals surface area contributed by atoms with Gasteiger partial charge in [-0.15, -0.1) is 0 Å². The number of allylic oxidation sites excluding steroid dienone is 1. The van der Waals surface area contributed by atoms with Crippen molar-refractivity contribution in [3.8, 4) is 0 Å². The Morgan fingerprint density at radius 1 is 0.909 bits per heavy atom. The second kappa shape index (κ2) is 11.9. The number of anilines is 2. The van der Waals surface area contributed by atoms with E-state index < -0.39 is 17.9 Å². The molecule has 0 saturated carbocycles. The predicted octanol–water partition coefficient (Wildman–Crippen LogP) is 6.66. The molecule has 0 spiro atoms. The van der Waals surface area contributed by atoms with Gasteiger partial charge < -0.3 is 9.73 Å². The monoisotopic (exact) mass is 604 g/mol. The van der Waals surface area contributed by atoms with Crippen molar-refractivity contribution in [1.82, 2.24) is 14.9 Å². The predicted molar refractivity (Wildman–Crippen MR) is 167 cm³/mol. The lowest BCUT2D eigenvalue weighted by Crippen LogP contribution is -2.44. The number of benzene rings is 3. The summed E-state index contributed by atoms with van der Waals surface area (Å²) in [6, 6.07) is 25.1. The molecule has 2 N–H and O–H groups in total. The van der Waals surface area contributed by atoms with Gasteiger partial charge in [-0.2, -0.15) is 4.98 Å². The molecule has 0 bridgehead atoms. The number of guanidine groups is 1. The second-order valence-corrected chi connectivity index (χ2v) is 10.3. The van der Waals surface area contributed by atoms with Crippen LogP contribution >= 0.6 is 11.6 Å². The zero-order valence-electron chi connectivity index (χ0n) is 23.6. The van der Waals surface area contributed by atoms with Gasteiger partial charge in [0, 0.05) is 33.6 Å². The van der Waals surface area contributed by atoms with Crippen molar-refractivity contribution in [2.75, 3.05) is 10.6 Å². The van der Waals surface area contributed by atoms with Crippen LogP contribution < -0.4 is 10.6 Å². The molecule has 3 heterocycles. The van der Waals surface area contributed by atoms with Crippen molar-refractivity contribution in [2.45, 2.75) is 19.9 Å². The molecule has 0 saturated heterocycles. The van der Waals surface area contributed by atoms with E-state index in [9.17, 15) is 14.4 Å². The van der Waals surface area contributed by atoms with Crippen molar-refractivity contribution >= 4 is 58.1 Å². The molecule has 0 aliphatic carbocycles. The molecular formula is C33H25ClN6O4. The number of rotatable bonds is 6. The molecule has 0 fully saturated rings. The molecule has 218 valence electrons. The van der Waals surface area contributed by atoms with Crippen LogP contribution in [0.4, 0.5) is 11.8 Å². The van der Waals surface area contributed by atoms with Gasteiger partial charge in [-0.05, 0) is 56.3 Å². The lowest BCUT2D eigenvalue weighted by atomic mass is 9.94. The van der Waals surface area contributed by atoms with Gasteiger partial charge in [-0.1, -0.05) is 60.1 Å². The number of carbonyl (C=O) groups excluding carboxylic acids is 3. The number of nitrogens with zero attached hydrogens (tertiary/aromatic N) is 4. The lowest BCUT2D eigenvalue weighted by molar-refractivity contribution is -0.113. The first-order valence-electron chi connectivity index (χ1n) is 13.6. The number of para-hydroxylation sites is 2. The van der Waals surface area contributed by atoms with Crippen LogP contribution in [0.5, 0.6) is 0 Å². The number of oxazole rings is 1. The molecule has 5 aromatic rings. The largest absolute Gasteiger partial charge is 0.423 e.